The van der Waals surface area contributed by atoms with E-state index in [4.69, 9.17) is 4.74 Å². The Morgan fingerprint density at radius 1 is 1.35 bits per heavy atom. The number of imidazole rings is 1. The van der Waals surface area contributed by atoms with Crippen molar-refractivity contribution in [1.82, 2.24) is 20.2 Å². The van der Waals surface area contributed by atoms with Crippen LogP contribution < -0.4 is 5.32 Å². The molecule has 1 aromatic carbocycles. The van der Waals surface area contributed by atoms with E-state index in [1.807, 2.05) is 45.0 Å². The predicted molar refractivity (Wildman–Crippen MR) is 98.5 cm³/mol. The van der Waals surface area contributed by atoms with Crippen LogP contribution in [-0.2, 0) is 16.1 Å². The molecule has 0 bridgehead atoms. The van der Waals surface area contributed by atoms with Gasteiger partial charge in [0.15, 0.2) is 0 Å². The van der Waals surface area contributed by atoms with Gasteiger partial charge in [-0.2, -0.15) is 0 Å². The molecule has 2 heterocycles. The molecule has 0 aliphatic carbocycles. The van der Waals surface area contributed by atoms with Gasteiger partial charge in [-0.15, -0.1) is 0 Å². The maximum absolute atomic E-state index is 12.5. The molecule has 0 unspecified atom stereocenters. The summed E-state index contributed by atoms with van der Waals surface area (Å²) in [6.07, 6.45) is 1.21. The second kappa shape index (κ2) is 7.35. The van der Waals surface area contributed by atoms with Crippen LogP contribution in [0.1, 0.15) is 39.4 Å². The monoisotopic (exact) mass is 358 g/mol. The fraction of sp³-hybridized carbons (Fsp3) is 0.526. The summed E-state index contributed by atoms with van der Waals surface area (Å²) in [7, 11) is 0. The van der Waals surface area contributed by atoms with E-state index in [1.54, 1.807) is 4.90 Å². The highest BCUT2D eigenvalue weighted by atomic mass is 16.6. The Bertz CT molecular complexity index is 760. The first-order chi connectivity index (χ1) is 12.3. The van der Waals surface area contributed by atoms with Crippen molar-refractivity contribution in [1.29, 1.82) is 0 Å². The van der Waals surface area contributed by atoms with Crippen molar-refractivity contribution in [3.05, 3.63) is 30.1 Å². The van der Waals surface area contributed by atoms with E-state index in [-0.39, 0.29) is 17.9 Å². The summed E-state index contributed by atoms with van der Waals surface area (Å²) in [4.78, 5) is 34.0. The Labute approximate surface area is 153 Å². The molecule has 1 atom stereocenters. The number of aromatic nitrogens is 2. The molecular formula is C19H26N4O3. The van der Waals surface area contributed by atoms with Crippen LogP contribution in [0.2, 0.25) is 0 Å². The SMILES string of the molecule is CC(C)(C)OC(=O)N1CCC[C@H](C(=O)NCc2nc3ccccc3[nH]2)C1. The number of carbonyl (C=O) groups excluding carboxylic acids is 2. The number of rotatable bonds is 3. The van der Waals surface area contributed by atoms with E-state index >= 15 is 0 Å². The number of para-hydroxylation sites is 2. The van der Waals surface area contributed by atoms with Crippen molar-refractivity contribution in [3.8, 4) is 0 Å². The highest BCUT2D eigenvalue weighted by Gasteiger charge is 2.30. The number of amides is 2. The Morgan fingerprint density at radius 3 is 2.85 bits per heavy atom. The fourth-order valence-corrected chi connectivity index (χ4v) is 3.09. The maximum Gasteiger partial charge on any atom is 0.410 e. The van der Waals surface area contributed by atoms with Gasteiger partial charge in [-0.1, -0.05) is 12.1 Å². The summed E-state index contributed by atoms with van der Waals surface area (Å²) >= 11 is 0. The average Bonchev–Trinajstić information content (AvgIpc) is 3.01. The minimum atomic E-state index is -0.534. The number of carbonyl (C=O) groups is 2. The van der Waals surface area contributed by atoms with Crippen LogP contribution in [0, 0.1) is 5.92 Å². The van der Waals surface area contributed by atoms with Crippen LogP contribution >= 0.6 is 0 Å². The summed E-state index contributed by atoms with van der Waals surface area (Å²) < 4.78 is 5.41. The molecule has 0 radical (unpaired) electrons. The quantitative estimate of drug-likeness (QED) is 0.883. The molecule has 0 spiro atoms. The number of hydrogen-bond acceptors (Lipinski definition) is 4. The van der Waals surface area contributed by atoms with Crippen LogP contribution in [0.5, 0.6) is 0 Å². The van der Waals surface area contributed by atoms with Gasteiger partial charge in [0, 0.05) is 13.1 Å². The van der Waals surface area contributed by atoms with Crippen LogP contribution in [0.15, 0.2) is 24.3 Å². The lowest BCUT2D eigenvalue weighted by atomic mass is 9.97. The lowest BCUT2D eigenvalue weighted by Crippen LogP contribution is -2.47. The molecule has 2 amide bonds. The van der Waals surface area contributed by atoms with Crippen LogP contribution in [-0.4, -0.2) is 45.6 Å². The van der Waals surface area contributed by atoms with E-state index < -0.39 is 5.60 Å². The van der Waals surface area contributed by atoms with Gasteiger partial charge in [0.05, 0.1) is 23.5 Å². The average molecular weight is 358 g/mol. The standard InChI is InChI=1S/C19H26N4O3/c1-19(2,3)26-18(25)23-10-6-7-13(12-23)17(24)20-11-16-21-14-8-4-5-9-15(14)22-16/h4-5,8-9,13H,6-7,10-12H2,1-3H3,(H,20,24)(H,21,22)/t13-/m0/s1. The van der Waals surface area contributed by atoms with E-state index in [2.05, 4.69) is 15.3 Å². The van der Waals surface area contributed by atoms with Gasteiger partial charge < -0.3 is 19.9 Å². The molecule has 3 rings (SSSR count). The molecule has 7 nitrogen and oxygen atoms in total. The number of ether oxygens (including phenoxy) is 1. The summed E-state index contributed by atoms with van der Waals surface area (Å²) in [5, 5.41) is 2.93. The number of nitrogens with one attached hydrogen (secondary N) is 2. The number of piperidine rings is 1. The minimum absolute atomic E-state index is 0.0567. The zero-order chi connectivity index (χ0) is 18.7. The molecular weight excluding hydrogens is 332 g/mol. The lowest BCUT2D eigenvalue weighted by Gasteiger charge is -2.33. The number of benzene rings is 1. The highest BCUT2D eigenvalue weighted by molar-refractivity contribution is 5.80. The second-order valence-electron chi connectivity index (χ2n) is 7.68. The molecule has 1 aliphatic heterocycles. The minimum Gasteiger partial charge on any atom is -0.444 e. The van der Waals surface area contributed by atoms with Crippen LogP contribution in [0.3, 0.4) is 0 Å². The zero-order valence-corrected chi connectivity index (χ0v) is 15.5. The number of aromatic amines is 1. The number of nitrogens with zero attached hydrogens (tertiary/aromatic N) is 2. The Morgan fingerprint density at radius 2 is 2.12 bits per heavy atom. The van der Waals surface area contributed by atoms with Gasteiger partial charge in [-0.3, -0.25) is 4.79 Å². The molecule has 2 aromatic rings. The summed E-state index contributed by atoms with van der Waals surface area (Å²) in [5.74, 6) is 0.443. The van der Waals surface area contributed by atoms with Crippen molar-refractivity contribution >= 4 is 23.0 Å². The van der Waals surface area contributed by atoms with Crippen molar-refractivity contribution in [2.24, 2.45) is 5.92 Å². The van der Waals surface area contributed by atoms with Crippen molar-refractivity contribution in [2.45, 2.75) is 45.8 Å². The summed E-state index contributed by atoms with van der Waals surface area (Å²) in [5.41, 5.74) is 1.30. The Hall–Kier alpha value is -2.57. The second-order valence-corrected chi connectivity index (χ2v) is 7.68. The first-order valence-electron chi connectivity index (χ1n) is 9.01. The zero-order valence-electron chi connectivity index (χ0n) is 15.5. The molecule has 1 fully saturated rings. The van der Waals surface area contributed by atoms with E-state index in [0.717, 1.165) is 29.7 Å². The third kappa shape index (κ3) is 4.53. The van der Waals surface area contributed by atoms with Gasteiger partial charge in [0.25, 0.3) is 0 Å². The number of hydrogen-bond donors (Lipinski definition) is 2. The Balaban J connectivity index is 1.54. The topological polar surface area (TPSA) is 87.3 Å². The molecule has 1 aliphatic rings. The fourth-order valence-electron chi connectivity index (χ4n) is 3.09. The smallest absolute Gasteiger partial charge is 0.410 e. The summed E-state index contributed by atoms with van der Waals surface area (Å²) in [6, 6.07) is 7.75. The van der Waals surface area contributed by atoms with Gasteiger partial charge in [0.2, 0.25) is 5.91 Å². The third-order valence-electron chi connectivity index (χ3n) is 4.31. The van der Waals surface area contributed by atoms with E-state index in [0.29, 0.717) is 19.6 Å². The van der Waals surface area contributed by atoms with Crippen LogP contribution in [0.4, 0.5) is 4.79 Å². The van der Waals surface area contributed by atoms with E-state index in [9.17, 15) is 9.59 Å². The third-order valence-corrected chi connectivity index (χ3v) is 4.31. The molecule has 1 aromatic heterocycles. The first kappa shape index (κ1) is 18.2. The summed E-state index contributed by atoms with van der Waals surface area (Å²) in [6.45, 7) is 6.88. The van der Waals surface area contributed by atoms with Crippen molar-refractivity contribution < 1.29 is 14.3 Å². The Kier molecular flexibility index (Phi) is 5.15. The number of H-pyrrole nitrogens is 1. The van der Waals surface area contributed by atoms with Gasteiger partial charge >= 0.3 is 6.09 Å². The maximum atomic E-state index is 12.5. The lowest BCUT2D eigenvalue weighted by molar-refractivity contribution is -0.126. The molecule has 1 saturated heterocycles. The predicted octanol–water partition coefficient (Wildman–Crippen LogP) is 2.83. The van der Waals surface area contributed by atoms with Gasteiger partial charge in [-0.05, 0) is 45.7 Å². The van der Waals surface area contributed by atoms with Gasteiger partial charge in [0.1, 0.15) is 11.4 Å². The number of likely N-dealkylation sites (tertiary alicyclic amines) is 1. The van der Waals surface area contributed by atoms with Crippen LogP contribution in [0.25, 0.3) is 11.0 Å². The normalized spacial score (nSPS) is 18.0. The molecule has 7 heteroatoms. The van der Waals surface area contributed by atoms with E-state index in [1.165, 1.54) is 0 Å². The first-order valence-corrected chi connectivity index (χ1v) is 9.01. The highest BCUT2D eigenvalue weighted by Crippen LogP contribution is 2.20. The van der Waals surface area contributed by atoms with Crippen molar-refractivity contribution in [3.63, 3.8) is 0 Å². The van der Waals surface area contributed by atoms with Gasteiger partial charge in [-0.25, -0.2) is 9.78 Å². The number of fused-ring (bicyclic) bond motifs is 1. The molecule has 0 saturated carbocycles. The molecule has 26 heavy (non-hydrogen) atoms. The van der Waals surface area contributed by atoms with Crippen molar-refractivity contribution in [2.75, 3.05) is 13.1 Å². The molecule has 140 valence electrons. The molecule has 2 N–H and O–H groups in total. The largest absolute Gasteiger partial charge is 0.444 e.